The Balaban J connectivity index is 2.12. The molecular weight excluding hydrogens is 222 g/mol. The molecular formula is C16H23NO. The summed E-state index contributed by atoms with van der Waals surface area (Å²) in [7, 11) is 0. The van der Waals surface area contributed by atoms with Gasteiger partial charge in [0.2, 0.25) is 0 Å². The van der Waals surface area contributed by atoms with Crippen molar-refractivity contribution in [2.75, 3.05) is 18.0 Å². The zero-order valence-electron chi connectivity index (χ0n) is 11.7. The molecule has 0 spiro atoms. The lowest BCUT2D eigenvalue weighted by molar-refractivity contribution is 0.112. The van der Waals surface area contributed by atoms with E-state index in [4.69, 9.17) is 0 Å². The van der Waals surface area contributed by atoms with E-state index < -0.39 is 0 Å². The van der Waals surface area contributed by atoms with Gasteiger partial charge in [0.15, 0.2) is 0 Å². The Morgan fingerprint density at radius 3 is 2.50 bits per heavy atom. The van der Waals surface area contributed by atoms with E-state index in [1.807, 2.05) is 12.1 Å². The molecule has 0 aromatic heterocycles. The highest BCUT2D eigenvalue weighted by Crippen LogP contribution is 2.36. The predicted octanol–water partition coefficient (Wildman–Crippen LogP) is 3.82. The molecule has 1 aliphatic heterocycles. The Kier molecular flexibility index (Phi) is 3.74. The van der Waals surface area contributed by atoms with Crippen LogP contribution in [0.1, 0.15) is 49.0 Å². The van der Waals surface area contributed by atoms with Gasteiger partial charge in [-0.2, -0.15) is 0 Å². The van der Waals surface area contributed by atoms with Gasteiger partial charge in [-0.25, -0.2) is 0 Å². The van der Waals surface area contributed by atoms with E-state index in [2.05, 4.69) is 31.7 Å². The molecule has 1 aromatic rings. The van der Waals surface area contributed by atoms with Gasteiger partial charge in [0.25, 0.3) is 0 Å². The molecule has 0 bridgehead atoms. The van der Waals surface area contributed by atoms with Crippen molar-refractivity contribution in [3.63, 3.8) is 0 Å². The number of benzene rings is 1. The number of aryl methyl sites for hydroxylation is 1. The van der Waals surface area contributed by atoms with Gasteiger partial charge in [-0.3, -0.25) is 4.79 Å². The normalized spacial score (nSPS) is 18.7. The number of hydrogen-bond donors (Lipinski definition) is 0. The van der Waals surface area contributed by atoms with Crippen LogP contribution in [0, 0.1) is 12.3 Å². The third-order valence-corrected chi connectivity index (χ3v) is 4.52. The molecule has 98 valence electrons. The Hall–Kier alpha value is -1.31. The van der Waals surface area contributed by atoms with E-state index in [1.54, 1.807) is 0 Å². The first-order chi connectivity index (χ1) is 8.58. The zero-order chi connectivity index (χ0) is 13.2. The number of rotatable bonds is 3. The summed E-state index contributed by atoms with van der Waals surface area (Å²) in [6, 6.07) is 5.99. The Labute approximate surface area is 110 Å². The zero-order valence-corrected chi connectivity index (χ0v) is 11.7. The van der Waals surface area contributed by atoms with Gasteiger partial charge >= 0.3 is 0 Å². The number of nitrogens with zero attached hydrogens (tertiary/aromatic N) is 1. The highest BCUT2D eigenvalue weighted by molar-refractivity contribution is 5.77. The number of anilines is 1. The number of carbonyl (C=O) groups excluding carboxylic acids is 1. The minimum absolute atomic E-state index is 0.521. The lowest BCUT2D eigenvalue weighted by Crippen LogP contribution is -2.38. The fraction of sp³-hybridized carbons (Fsp3) is 0.562. The Morgan fingerprint density at radius 1 is 1.33 bits per heavy atom. The summed E-state index contributed by atoms with van der Waals surface area (Å²) in [4.78, 5) is 13.2. The lowest BCUT2D eigenvalue weighted by atomic mass is 9.78. The summed E-state index contributed by atoms with van der Waals surface area (Å²) in [6.07, 6.45) is 4.71. The summed E-state index contributed by atoms with van der Waals surface area (Å²) in [5, 5.41) is 0. The first kappa shape index (κ1) is 13.1. The fourth-order valence-corrected chi connectivity index (χ4v) is 2.75. The van der Waals surface area contributed by atoms with Crippen molar-refractivity contribution in [1.82, 2.24) is 0 Å². The van der Waals surface area contributed by atoms with Crippen LogP contribution >= 0.6 is 0 Å². The molecule has 2 rings (SSSR count). The lowest BCUT2D eigenvalue weighted by Gasteiger charge is -2.40. The SMILES string of the molecule is CCC1(C)CCN(c2ccc(C=O)cc2C)CC1. The van der Waals surface area contributed by atoms with Crippen molar-refractivity contribution >= 4 is 12.0 Å². The molecule has 0 unspecified atom stereocenters. The molecule has 0 N–H and O–H groups in total. The fourth-order valence-electron chi connectivity index (χ4n) is 2.75. The summed E-state index contributed by atoms with van der Waals surface area (Å²) in [5.74, 6) is 0. The third kappa shape index (κ3) is 2.58. The maximum Gasteiger partial charge on any atom is 0.150 e. The molecule has 0 amide bonds. The summed E-state index contributed by atoms with van der Waals surface area (Å²) in [6.45, 7) is 9.04. The van der Waals surface area contributed by atoms with Crippen molar-refractivity contribution in [1.29, 1.82) is 0 Å². The van der Waals surface area contributed by atoms with Crippen LogP contribution in [0.5, 0.6) is 0 Å². The van der Waals surface area contributed by atoms with Crippen LogP contribution in [0.15, 0.2) is 18.2 Å². The van der Waals surface area contributed by atoms with Crippen molar-refractivity contribution in [2.24, 2.45) is 5.41 Å². The molecule has 0 radical (unpaired) electrons. The second-order valence-corrected chi connectivity index (χ2v) is 5.82. The second-order valence-electron chi connectivity index (χ2n) is 5.82. The van der Waals surface area contributed by atoms with E-state index in [9.17, 15) is 4.79 Å². The predicted molar refractivity (Wildman–Crippen MR) is 76.4 cm³/mol. The van der Waals surface area contributed by atoms with E-state index in [0.29, 0.717) is 5.41 Å². The van der Waals surface area contributed by atoms with Crippen molar-refractivity contribution in [3.8, 4) is 0 Å². The minimum Gasteiger partial charge on any atom is -0.371 e. The van der Waals surface area contributed by atoms with Crippen molar-refractivity contribution < 1.29 is 4.79 Å². The van der Waals surface area contributed by atoms with Gasteiger partial charge in [0, 0.05) is 24.3 Å². The number of carbonyl (C=O) groups is 1. The molecule has 2 nitrogen and oxygen atoms in total. The molecule has 18 heavy (non-hydrogen) atoms. The summed E-state index contributed by atoms with van der Waals surface area (Å²) < 4.78 is 0. The van der Waals surface area contributed by atoms with Crippen LogP contribution in [0.3, 0.4) is 0 Å². The van der Waals surface area contributed by atoms with Crippen molar-refractivity contribution in [3.05, 3.63) is 29.3 Å². The standard InChI is InChI=1S/C16H23NO/c1-4-16(3)7-9-17(10-8-16)15-6-5-14(12-18)11-13(15)2/h5-6,11-12H,4,7-10H2,1-3H3. The number of piperidine rings is 1. The van der Waals surface area contributed by atoms with Crippen LogP contribution < -0.4 is 4.90 Å². The maximum atomic E-state index is 10.8. The van der Waals surface area contributed by atoms with Crippen LogP contribution in [0.25, 0.3) is 0 Å². The Morgan fingerprint density at radius 2 is 2.00 bits per heavy atom. The van der Waals surface area contributed by atoms with E-state index in [1.165, 1.54) is 30.5 Å². The average Bonchev–Trinajstić information content (AvgIpc) is 2.40. The molecule has 1 aliphatic rings. The minimum atomic E-state index is 0.521. The molecule has 0 atom stereocenters. The maximum absolute atomic E-state index is 10.8. The summed E-state index contributed by atoms with van der Waals surface area (Å²) in [5.41, 5.74) is 3.79. The molecule has 1 aromatic carbocycles. The highest BCUT2D eigenvalue weighted by Gasteiger charge is 2.28. The van der Waals surface area contributed by atoms with Gasteiger partial charge in [-0.15, -0.1) is 0 Å². The first-order valence-corrected chi connectivity index (χ1v) is 6.89. The molecule has 0 saturated carbocycles. The smallest absolute Gasteiger partial charge is 0.150 e. The van der Waals surface area contributed by atoms with Gasteiger partial charge in [0.1, 0.15) is 6.29 Å². The van der Waals surface area contributed by atoms with Crippen LogP contribution in [0.4, 0.5) is 5.69 Å². The topological polar surface area (TPSA) is 20.3 Å². The quantitative estimate of drug-likeness (QED) is 0.754. The monoisotopic (exact) mass is 245 g/mol. The average molecular weight is 245 g/mol. The molecule has 2 heteroatoms. The molecule has 1 heterocycles. The van der Waals surface area contributed by atoms with Crippen LogP contribution in [-0.2, 0) is 0 Å². The van der Waals surface area contributed by atoms with Gasteiger partial charge in [0.05, 0.1) is 0 Å². The van der Waals surface area contributed by atoms with Crippen molar-refractivity contribution in [2.45, 2.75) is 40.0 Å². The second kappa shape index (κ2) is 5.13. The summed E-state index contributed by atoms with van der Waals surface area (Å²) >= 11 is 0. The third-order valence-electron chi connectivity index (χ3n) is 4.52. The number of hydrogen-bond acceptors (Lipinski definition) is 2. The number of aldehydes is 1. The largest absolute Gasteiger partial charge is 0.371 e. The van der Waals surface area contributed by atoms with Crippen LogP contribution in [-0.4, -0.2) is 19.4 Å². The first-order valence-electron chi connectivity index (χ1n) is 6.89. The van der Waals surface area contributed by atoms with Gasteiger partial charge in [-0.05, 0) is 48.9 Å². The van der Waals surface area contributed by atoms with E-state index >= 15 is 0 Å². The van der Waals surface area contributed by atoms with E-state index in [-0.39, 0.29) is 0 Å². The Bertz CT molecular complexity index is 431. The van der Waals surface area contributed by atoms with Gasteiger partial charge in [-0.1, -0.05) is 20.3 Å². The van der Waals surface area contributed by atoms with E-state index in [0.717, 1.165) is 24.9 Å². The molecule has 1 saturated heterocycles. The van der Waals surface area contributed by atoms with Gasteiger partial charge < -0.3 is 4.90 Å². The molecule has 0 aliphatic carbocycles. The molecule has 1 fully saturated rings. The highest BCUT2D eigenvalue weighted by atomic mass is 16.1. The van der Waals surface area contributed by atoms with Crippen LogP contribution in [0.2, 0.25) is 0 Å².